The van der Waals surface area contributed by atoms with Crippen molar-refractivity contribution in [2.24, 2.45) is 0 Å². The number of hydrogen-bond acceptors (Lipinski definition) is 4. The third-order valence-electron chi connectivity index (χ3n) is 4.61. The van der Waals surface area contributed by atoms with Crippen molar-refractivity contribution in [3.05, 3.63) is 75.9 Å². The first kappa shape index (κ1) is 20.0. The minimum atomic E-state index is -0.257. The van der Waals surface area contributed by atoms with E-state index in [4.69, 9.17) is 0 Å². The van der Waals surface area contributed by atoms with Gasteiger partial charge in [0.15, 0.2) is 0 Å². The monoisotopic (exact) mass is 413 g/mol. The molecule has 2 amide bonds. The lowest BCUT2D eigenvalue weighted by Gasteiger charge is -2.10. The quantitative estimate of drug-likeness (QED) is 0.641. The highest BCUT2D eigenvalue weighted by atomic mass is 35.5. The fraction of sp³-hybridized carbons (Fsp3) is 0.190. The summed E-state index contributed by atoms with van der Waals surface area (Å²) < 4.78 is 0. The maximum absolute atomic E-state index is 13.0. The van der Waals surface area contributed by atoms with Crippen molar-refractivity contribution >= 4 is 46.2 Å². The van der Waals surface area contributed by atoms with Crippen LogP contribution in [0.1, 0.15) is 43.1 Å². The molecule has 1 aliphatic rings. The van der Waals surface area contributed by atoms with E-state index in [1.807, 2.05) is 31.2 Å². The molecule has 1 aromatic carbocycles. The molecule has 0 bridgehead atoms. The summed E-state index contributed by atoms with van der Waals surface area (Å²) in [5.74, 6) is -0.438. The minimum absolute atomic E-state index is 0. The van der Waals surface area contributed by atoms with E-state index >= 15 is 0 Å². The van der Waals surface area contributed by atoms with Gasteiger partial charge < -0.3 is 10.6 Å². The van der Waals surface area contributed by atoms with E-state index in [-0.39, 0.29) is 24.2 Å². The minimum Gasteiger partial charge on any atom is -0.322 e. The molecule has 3 aromatic rings. The smallest absolute Gasteiger partial charge is 0.258 e. The summed E-state index contributed by atoms with van der Waals surface area (Å²) in [6.45, 7) is 2.00. The molecule has 7 heteroatoms. The van der Waals surface area contributed by atoms with Crippen molar-refractivity contribution in [3.8, 4) is 0 Å². The highest BCUT2D eigenvalue weighted by molar-refractivity contribution is 7.17. The summed E-state index contributed by atoms with van der Waals surface area (Å²) >= 11 is 1.50. The molecule has 0 spiro atoms. The van der Waals surface area contributed by atoms with Crippen LogP contribution in [0, 0.1) is 6.92 Å². The molecular formula is C21H20ClN3O2S. The second-order valence-electron chi connectivity index (χ2n) is 6.58. The van der Waals surface area contributed by atoms with Gasteiger partial charge >= 0.3 is 0 Å². The maximum Gasteiger partial charge on any atom is 0.258 e. The summed E-state index contributed by atoms with van der Waals surface area (Å²) in [4.78, 5) is 30.7. The van der Waals surface area contributed by atoms with Gasteiger partial charge in [-0.2, -0.15) is 0 Å². The number of aromatic nitrogens is 1. The van der Waals surface area contributed by atoms with Gasteiger partial charge in [-0.25, -0.2) is 0 Å². The van der Waals surface area contributed by atoms with Crippen LogP contribution in [0.2, 0.25) is 0 Å². The number of pyridine rings is 1. The Labute approximate surface area is 173 Å². The first-order valence-corrected chi connectivity index (χ1v) is 9.67. The van der Waals surface area contributed by atoms with Crippen LogP contribution in [-0.2, 0) is 12.8 Å². The number of halogens is 1. The molecule has 0 radical (unpaired) electrons. The Bertz CT molecular complexity index is 1000. The second-order valence-corrected chi connectivity index (χ2v) is 7.68. The van der Waals surface area contributed by atoms with Gasteiger partial charge in [-0.1, -0.05) is 17.7 Å². The lowest BCUT2D eigenvalue weighted by Crippen LogP contribution is -2.18. The first-order chi connectivity index (χ1) is 13.1. The third kappa shape index (κ3) is 4.08. The van der Waals surface area contributed by atoms with Crippen molar-refractivity contribution in [1.82, 2.24) is 4.98 Å². The van der Waals surface area contributed by atoms with Gasteiger partial charge in [-0.15, -0.1) is 23.7 Å². The third-order valence-corrected chi connectivity index (χ3v) is 5.82. The van der Waals surface area contributed by atoms with Crippen molar-refractivity contribution in [3.63, 3.8) is 0 Å². The molecule has 4 rings (SSSR count). The lowest BCUT2D eigenvalue weighted by atomic mass is 10.1. The average Bonchev–Trinajstić information content (AvgIpc) is 3.25. The number of rotatable bonds is 4. The van der Waals surface area contributed by atoms with Gasteiger partial charge in [-0.05, 0) is 56.0 Å². The van der Waals surface area contributed by atoms with Crippen LogP contribution in [0.5, 0.6) is 0 Å². The van der Waals surface area contributed by atoms with Crippen LogP contribution in [0.3, 0.4) is 0 Å². The number of fused-ring (bicyclic) bond motifs is 1. The van der Waals surface area contributed by atoms with Crippen LogP contribution in [-0.4, -0.2) is 16.8 Å². The summed E-state index contributed by atoms with van der Waals surface area (Å²) in [6, 6.07) is 11.1. The molecule has 28 heavy (non-hydrogen) atoms. The average molecular weight is 414 g/mol. The van der Waals surface area contributed by atoms with Gasteiger partial charge in [0.2, 0.25) is 0 Å². The Morgan fingerprint density at radius 1 is 1.04 bits per heavy atom. The van der Waals surface area contributed by atoms with Crippen LogP contribution >= 0.6 is 23.7 Å². The van der Waals surface area contributed by atoms with Crippen LogP contribution in [0.25, 0.3) is 0 Å². The largest absolute Gasteiger partial charge is 0.322 e. The number of thiophene rings is 1. The van der Waals surface area contributed by atoms with Gasteiger partial charge in [0, 0.05) is 23.0 Å². The van der Waals surface area contributed by atoms with Crippen LogP contribution in [0.15, 0.2) is 48.8 Å². The molecule has 2 aromatic heterocycles. The number of aryl methyl sites for hydroxylation is 2. The summed E-state index contributed by atoms with van der Waals surface area (Å²) in [5.41, 5.74) is 3.99. The molecule has 144 valence electrons. The van der Waals surface area contributed by atoms with Crippen molar-refractivity contribution in [1.29, 1.82) is 0 Å². The Morgan fingerprint density at radius 2 is 1.82 bits per heavy atom. The van der Waals surface area contributed by atoms with Crippen LogP contribution in [0.4, 0.5) is 10.7 Å². The van der Waals surface area contributed by atoms with Gasteiger partial charge in [0.25, 0.3) is 11.8 Å². The topological polar surface area (TPSA) is 71.1 Å². The molecule has 0 saturated heterocycles. The highest BCUT2D eigenvalue weighted by Crippen LogP contribution is 2.39. The molecule has 2 heterocycles. The van der Waals surface area contributed by atoms with Gasteiger partial charge in [0.05, 0.1) is 11.1 Å². The fourth-order valence-electron chi connectivity index (χ4n) is 3.24. The van der Waals surface area contributed by atoms with E-state index in [1.165, 1.54) is 22.4 Å². The summed E-state index contributed by atoms with van der Waals surface area (Å²) in [5, 5.41) is 6.48. The van der Waals surface area contributed by atoms with E-state index in [0.29, 0.717) is 16.1 Å². The number of nitrogens with one attached hydrogen (secondary N) is 2. The maximum atomic E-state index is 13.0. The van der Waals surface area contributed by atoms with Crippen molar-refractivity contribution in [2.75, 3.05) is 10.6 Å². The van der Waals surface area contributed by atoms with E-state index in [2.05, 4.69) is 15.6 Å². The summed E-state index contributed by atoms with van der Waals surface area (Å²) in [6.07, 6.45) is 6.00. The lowest BCUT2D eigenvalue weighted by molar-refractivity contribution is 0.102. The molecule has 0 atom stereocenters. The first-order valence-electron chi connectivity index (χ1n) is 8.86. The molecule has 0 aliphatic heterocycles. The summed E-state index contributed by atoms with van der Waals surface area (Å²) in [7, 11) is 0. The Morgan fingerprint density at radius 3 is 2.54 bits per heavy atom. The molecule has 0 saturated carbocycles. The Balaban J connectivity index is 0.00000225. The normalized spacial score (nSPS) is 12.0. The number of amides is 2. The van der Waals surface area contributed by atoms with Crippen LogP contribution < -0.4 is 10.6 Å². The molecule has 1 aliphatic carbocycles. The second kappa shape index (κ2) is 8.54. The molecule has 5 nitrogen and oxygen atoms in total. The predicted molar refractivity (Wildman–Crippen MR) is 115 cm³/mol. The predicted octanol–water partition coefficient (Wildman–Crippen LogP) is 4.87. The molecular weight excluding hydrogens is 394 g/mol. The van der Waals surface area contributed by atoms with E-state index in [0.717, 1.165) is 36.1 Å². The zero-order valence-corrected chi connectivity index (χ0v) is 17.0. The number of benzene rings is 1. The zero-order chi connectivity index (χ0) is 18.8. The number of carbonyl (C=O) groups is 2. The fourth-order valence-corrected chi connectivity index (χ4v) is 4.52. The number of nitrogens with zero attached hydrogens (tertiary/aromatic N) is 1. The standard InChI is InChI=1S/C21H19N3O2S.ClH/c1-13-7-9-15(10-8-13)23-20(26)18-16-5-2-6-17(16)27-21(18)24-19(25)14-4-3-11-22-12-14;/h3-4,7-12H,2,5-6H2,1H3,(H,23,26)(H,24,25);1H. The van der Waals surface area contributed by atoms with Gasteiger partial charge in [0.1, 0.15) is 5.00 Å². The van der Waals surface area contributed by atoms with E-state index in [1.54, 1.807) is 18.3 Å². The van der Waals surface area contributed by atoms with Crippen molar-refractivity contribution < 1.29 is 9.59 Å². The van der Waals surface area contributed by atoms with Gasteiger partial charge in [-0.3, -0.25) is 14.6 Å². The zero-order valence-electron chi connectivity index (χ0n) is 15.3. The van der Waals surface area contributed by atoms with E-state index in [9.17, 15) is 9.59 Å². The number of carbonyl (C=O) groups excluding carboxylic acids is 2. The highest BCUT2D eigenvalue weighted by Gasteiger charge is 2.27. The molecule has 0 fully saturated rings. The van der Waals surface area contributed by atoms with Crippen molar-refractivity contribution in [2.45, 2.75) is 26.2 Å². The number of hydrogen-bond donors (Lipinski definition) is 2. The molecule has 2 N–H and O–H groups in total. The SMILES string of the molecule is Cc1ccc(NC(=O)c2c(NC(=O)c3cccnc3)sc3c2CCC3)cc1.Cl. The number of anilines is 2. The van der Waals surface area contributed by atoms with E-state index < -0.39 is 0 Å². The molecule has 0 unspecified atom stereocenters. The Kier molecular flexibility index (Phi) is 6.11. The Hall–Kier alpha value is -2.70.